The molecule has 0 bridgehead atoms. The van der Waals surface area contributed by atoms with Crippen molar-refractivity contribution in [3.63, 3.8) is 0 Å². The first-order valence-electron chi connectivity index (χ1n) is 6.61. The Balaban J connectivity index is 1.60. The molecule has 2 heterocycles. The number of para-hydroxylation sites is 1. The highest BCUT2D eigenvalue weighted by Gasteiger charge is 2.31. The molecule has 1 aliphatic rings. The van der Waals surface area contributed by atoms with Crippen LogP contribution in [0.1, 0.15) is 18.4 Å². The molecule has 4 nitrogen and oxygen atoms in total. The Morgan fingerprint density at radius 3 is 2.95 bits per heavy atom. The highest BCUT2D eigenvalue weighted by Crippen LogP contribution is 2.22. The molecular weight excluding hydrogens is 290 g/mol. The molecule has 1 N–H and O–H groups in total. The molecule has 0 spiro atoms. The van der Waals surface area contributed by atoms with Gasteiger partial charge in [0, 0.05) is 13.0 Å². The van der Waals surface area contributed by atoms with Crippen LogP contribution in [0.25, 0.3) is 10.2 Å². The zero-order chi connectivity index (χ0) is 14.1. The van der Waals surface area contributed by atoms with Gasteiger partial charge in [-0.2, -0.15) is 0 Å². The molecule has 1 atom stereocenters. The van der Waals surface area contributed by atoms with Gasteiger partial charge >= 0.3 is 0 Å². The topological polar surface area (TPSA) is 45.2 Å². The van der Waals surface area contributed by atoms with Gasteiger partial charge in [0.25, 0.3) is 5.91 Å². The Labute approximate surface area is 126 Å². The minimum atomic E-state index is -0.190. The Morgan fingerprint density at radius 2 is 2.25 bits per heavy atom. The van der Waals surface area contributed by atoms with Crippen LogP contribution in [0.2, 0.25) is 0 Å². The first-order valence-corrected chi connectivity index (χ1v) is 7.84. The van der Waals surface area contributed by atoms with Gasteiger partial charge in [0.1, 0.15) is 6.04 Å². The van der Waals surface area contributed by atoms with Crippen LogP contribution < -0.4 is 5.32 Å². The fourth-order valence-corrected chi connectivity index (χ4v) is 3.65. The second kappa shape index (κ2) is 5.46. The number of thiocarbonyl (C=S) groups is 1. The van der Waals surface area contributed by atoms with Crippen LogP contribution in [-0.2, 0) is 11.2 Å². The lowest BCUT2D eigenvalue weighted by Gasteiger charge is -2.13. The molecule has 1 fully saturated rings. The van der Waals surface area contributed by atoms with Crippen molar-refractivity contribution in [1.82, 2.24) is 15.2 Å². The third kappa shape index (κ3) is 2.53. The maximum absolute atomic E-state index is 11.9. The lowest BCUT2D eigenvalue weighted by Crippen LogP contribution is -2.32. The summed E-state index contributed by atoms with van der Waals surface area (Å²) in [5.74, 6) is 0.0688. The summed E-state index contributed by atoms with van der Waals surface area (Å²) in [4.78, 5) is 18.1. The van der Waals surface area contributed by atoms with Crippen LogP contribution in [0, 0.1) is 0 Å². The van der Waals surface area contributed by atoms with Gasteiger partial charge in [0.2, 0.25) is 0 Å². The number of carbonyl (C=O) groups is 1. The largest absolute Gasteiger partial charge is 0.351 e. The number of benzene rings is 1. The molecule has 1 aromatic heterocycles. The summed E-state index contributed by atoms with van der Waals surface area (Å²) in [7, 11) is 0. The first kappa shape index (κ1) is 13.5. The van der Waals surface area contributed by atoms with E-state index in [9.17, 15) is 4.79 Å². The van der Waals surface area contributed by atoms with Gasteiger partial charge in [0.05, 0.1) is 15.2 Å². The molecule has 1 saturated heterocycles. The molecule has 6 heteroatoms. The number of nitrogens with zero attached hydrogens (tertiary/aromatic N) is 2. The summed E-state index contributed by atoms with van der Waals surface area (Å²) in [6.07, 6.45) is 1.75. The van der Waals surface area contributed by atoms with E-state index in [0.717, 1.165) is 23.4 Å². The minimum absolute atomic E-state index is 0.0688. The van der Waals surface area contributed by atoms with E-state index < -0.39 is 0 Å². The summed E-state index contributed by atoms with van der Waals surface area (Å²) in [5.41, 5.74) is 1.05. The molecule has 2 aromatic rings. The number of thiazole rings is 1. The number of rotatable bonds is 4. The molecule has 1 unspecified atom stereocenters. The third-order valence-corrected chi connectivity index (χ3v) is 4.77. The van der Waals surface area contributed by atoms with Crippen LogP contribution in [0.3, 0.4) is 0 Å². The van der Waals surface area contributed by atoms with Crippen molar-refractivity contribution < 1.29 is 4.79 Å². The third-order valence-electron chi connectivity index (χ3n) is 3.33. The molecule has 1 aliphatic heterocycles. The van der Waals surface area contributed by atoms with Gasteiger partial charge in [0.15, 0.2) is 5.11 Å². The van der Waals surface area contributed by atoms with Gasteiger partial charge < -0.3 is 5.32 Å². The van der Waals surface area contributed by atoms with Gasteiger partial charge in [-0.1, -0.05) is 12.1 Å². The zero-order valence-electron chi connectivity index (χ0n) is 11.1. The van der Waals surface area contributed by atoms with E-state index >= 15 is 0 Å². The monoisotopic (exact) mass is 305 g/mol. The number of hydrogen-bond donors (Lipinski definition) is 1. The summed E-state index contributed by atoms with van der Waals surface area (Å²) < 4.78 is 1.21. The highest BCUT2D eigenvalue weighted by molar-refractivity contribution is 7.80. The summed E-state index contributed by atoms with van der Waals surface area (Å²) in [6.45, 7) is 2.49. The lowest BCUT2D eigenvalue weighted by atomic mass is 10.3. The average molecular weight is 305 g/mol. The quantitative estimate of drug-likeness (QED) is 0.881. The fourth-order valence-electron chi connectivity index (χ4n) is 2.29. The van der Waals surface area contributed by atoms with Crippen molar-refractivity contribution in [2.24, 2.45) is 0 Å². The van der Waals surface area contributed by atoms with E-state index in [1.165, 1.54) is 4.70 Å². The highest BCUT2D eigenvalue weighted by atomic mass is 32.1. The van der Waals surface area contributed by atoms with Crippen molar-refractivity contribution in [2.45, 2.75) is 25.8 Å². The molecule has 1 aromatic carbocycles. The molecule has 0 aliphatic carbocycles. The van der Waals surface area contributed by atoms with Crippen molar-refractivity contribution in [1.29, 1.82) is 0 Å². The van der Waals surface area contributed by atoms with Gasteiger partial charge in [-0.3, -0.25) is 9.69 Å². The fraction of sp³-hybridized carbons (Fsp3) is 0.357. The van der Waals surface area contributed by atoms with Crippen molar-refractivity contribution in [3.05, 3.63) is 29.3 Å². The van der Waals surface area contributed by atoms with Gasteiger partial charge in [-0.25, -0.2) is 4.98 Å². The Morgan fingerprint density at radius 1 is 1.45 bits per heavy atom. The Kier molecular flexibility index (Phi) is 3.67. The van der Waals surface area contributed by atoms with E-state index in [1.54, 1.807) is 16.2 Å². The van der Waals surface area contributed by atoms with Gasteiger partial charge in [-0.05, 0) is 37.7 Å². The minimum Gasteiger partial charge on any atom is -0.351 e. The van der Waals surface area contributed by atoms with Crippen LogP contribution in [0.4, 0.5) is 0 Å². The van der Waals surface area contributed by atoms with Gasteiger partial charge in [-0.15, -0.1) is 11.3 Å². The van der Waals surface area contributed by atoms with E-state index in [0.29, 0.717) is 11.7 Å². The van der Waals surface area contributed by atoms with Crippen molar-refractivity contribution in [3.8, 4) is 0 Å². The summed E-state index contributed by atoms with van der Waals surface area (Å²) >= 11 is 6.88. The molecule has 0 radical (unpaired) electrons. The van der Waals surface area contributed by atoms with E-state index in [4.69, 9.17) is 12.2 Å². The van der Waals surface area contributed by atoms with E-state index in [2.05, 4.69) is 16.4 Å². The lowest BCUT2D eigenvalue weighted by molar-refractivity contribution is -0.126. The van der Waals surface area contributed by atoms with Crippen LogP contribution in [0.15, 0.2) is 24.3 Å². The average Bonchev–Trinajstić information content (AvgIpc) is 2.94. The molecule has 20 heavy (non-hydrogen) atoms. The van der Waals surface area contributed by atoms with E-state index in [1.807, 2.05) is 25.1 Å². The molecule has 3 rings (SSSR count). The SMILES string of the molecule is CC1NC(=S)N(CCCc2nc3ccccc3s2)C1=O. The number of amides is 1. The molecular formula is C14H15N3OS2. The maximum atomic E-state index is 11.9. The molecule has 0 saturated carbocycles. The Hall–Kier alpha value is -1.53. The zero-order valence-corrected chi connectivity index (χ0v) is 12.8. The maximum Gasteiger partial charge on any atom is 0.250 e. The van der Waals surface area contributed by atoms with Crippen LogP contribution in [-0.4, -0.2) is 33.5 Å². The summed E-state index contributed by atoms with van der Waals surface area (Å²) in [6, 6.07) is 7.95. The number of hydrogen-bond acceptors (Lipinski definition) is 4. The van der Waals surface area contributed by atoms with Crippen molar-refractivity contribution >= 4 is 44.8 Å². The number of aromatic nitrogens is 1. The number of aryl methyl sites for hydroxylation is 1. The number of carbonyl (C=O) groups excluding carboxylic acids is 1. The standard InChI is InChI=1S/C14H15N3OS2/c1-9-13(18)17(14(19)15-9)8-4-7-12-16-10-5-2-3-6-11(10)20-12/h2-3,5-6,9H,4,7-8H2,1H3,(H,15,19). The second-order valence-corrected chi connectivity index (χ2v) is 6.34. The van der Waals surface area contributed by atoms with Crippen LogP contribution in [0.5, 0.6) is 0 Å². The van der Waals surface area contributed by atoms with Crippen LogP contribution >= 0.6 is 23.6 Å². The number of nitrogens with one attached hydrogen (secondary N) is 1. The number of fused-ring (bicyclic) bond motifs is 1. The Bertz CT molecular complexity index is 634. The normalized spacial score (nSPS) is 18.9. The smallest absolute Gasteiger partial charge is 0.250 e. The van der Waals surface area contributed by atoms with E-state index in [-0.39, 0.29) is 11.9 Å². The predicted octanol–water partition coefficient (Wildman–Crippen LogP) is 2.33. The second-order valence-electron chi connectivity index (χ2n) is 4.84. The van der Waals surface area contributed by atoms with Crippen molar-refractivity contribution in [2.75, 3.05) is 6.54 Å². The predicted molar refractivity (Wildman–Crippen MR) is 84.8 cm³/mol. The molecule has 1 amide bonds. The molecule has 104 valence electrons. The summed E-state index contributed by atoms with van der Waals surface area (Å²) in [5, 5.41) is 4.65. The first-order chi connectivity index (χ1) is 9.65.